The smallest absolute Gasteiger partial charge is 0.321 e. The van der Waals surface area contributed by atoms with Gasteiger partial charge in [-0.3, -0.25) is 14.5 Å². The molecule has 4 aromatic rings. The molecule has 0 bridgehead atoms. The standard InChI is InChI=1S/C30H31N3O5/c1-3-37-29(35)26-27(22-14-16-23(17-15-22)38-20-21-10-5-4-6-11-21)33-25-13-8-7-12-24(25)31-30(33)32(28(26)34)18-9-19-36-2/h4-8,10-17,26-27H,3,9,18-20H2,1-2H3/t26-,27+/m0/s1. The number of benzene rings is 3. The number of anilines is 1. The maximum absolute atomic E-state index is 13.9. The van der Waals surface area contributed by atoms with Gasteiger partial charge in [0.05, 0.1) is 23.7 Å². The third kappa shape index (κ3) is 4.99. The maximum atomic E-state index is 13.9. The molecule has 2 atom stereocenters. The van der Waals surface area contributed by atoms with Gasteiger partial charge in [0, 0.05) is 20.3 Å². The number of amides is 1. The topological polar surface area (TPSA) is 82.9 Å². The lowest BCUT2D eigenvalue weighted by atomic mass is 9.89. The van der Waals surface area contributed by atoms with Gasteiger partial charge in [-0.1, -0.05) is 54.6 Å². The number of methoxy groups -OCH3 is 1. The van der Waals surface area contributed by atoms with Crippen molar-refractivity contribution in [3.8, 4) is 5.75 Å². The van der Waals surface area contributed by atoms with Crippen LogP contribution in [0.2, 0.25) is 0 Å². The average molecular weight is 514 g/mol. The van der Waals surface area contributed by atoms with Gasteiger partial charge in [0.25, 0.3) is 0 Å². The Labute approximate surface area is 221 Å². The molecule has 1 aromatic heterocycles. The number of hydrogen-bond acceptors (Lipinski definition) is 6. The van der Waals surface area contributed by atoms with Gasteiger partial charge < -0.3 is 18.8 Å². The van der Waals surface area contributed by atoms with Crippen molar-refractivity contribution in [2.45, 2.75) is 26.0 Å². The maximum Gasteiger partial charge on any atom is 0.321 e. The van der Waals surface area contributed by atoms with Gasteiger partial charge in [-0.05, 0) is 48.7 Å². The van der Waals surface area contributed by atoms with E-state index in [9.17, 15) is 9.59 Å². The molecule has 1 amide bonds. The van der Waals surface area contributed by atoms with Gasteiger partial charge >= 0.3 is 5.97 Å². The summed E-state index contributed by atoms with van der Waals surface area (Å²) in [5.74, 6) is -0.714. The highest BCUT2D eigenvalue weighted by atomic mass is 16.5. The van der Waals surface area contributed by atoms with Gasteiger partial charge in [0.1, 0.15) is 12.4 Å². The second kappa shape index (κ2) is 11.5. The van der Waals surface area contributed by atoms with E-state index in [1.54, 1.807) is 18.9 Å². The van der Waals surface area contributed by atoms with Crippen LogP contribution in [-0.4, -0.2) is 48.3 Å². The van der Waals surface area contributed by atoms with E-state index >= 15 is 0 Å². The number of nitrogens with zero attached hydrogens (tertiary/aromatic N) is 3. The number of carbonyl (C=O) groups excluding carboxylic acids is 2. The molecule has 196 valence electrons. The van der Waals surface area contributed by atoms with Crippen LogP contribution in [0.1, 0.15) is 30.5 Å². The van der Waals surface area contributed by atoms with E-state index in [4.69, 9.17) is 19.2 Å². The van der Waals surface area contributed by atoms with Crippen LogP contribution in [0.5, 0.6) is 5.75 Å². The van der Waals surface area contributed by atoms with Crippen molar-refractivity contribution in [2.24, 2.45) is 5.92 Å². The molecule has 1 aliphatic heterocycles. The van der Waals surface area contributed by atoms with Crippen molar-refractivity contribution in [2.75, 3.05) is 31.8 Å². The van der Waals surface area contributed by atoms with Crippen LogP contribution in [-0.2, 0) is 25.7 Å². The number of carbonyl (C=O) groups is 2. The van der Waals surface area contributed by atoms with E-state index in [1.807, 2.05) is 83.4 Å². The molecule has 3 aromatic carbocycles. The van der Waals surface area contributed by atoms with Crippen molar-refractivity contribution in [1.29, 1.82) is 0 Å². The Morgan fingerprint density at radius 3 is 2.45 bits per heavy atom. The average Bonchev–Trinajstić information content (AvgIpc) is 3.33. The number of esters is 1. The summed E-state index contributed by atoms with van der Waals surface area (Å²) in [6, 6.07) is 24.6. The highest BCUT2D eigenvalue weighted by molar-refractivity contribution is 6.08. The molecule has 0 saturated carbocycles. The van der Waals surface area contributed by atoms with Gasteiger partial charge in [0.2, 0.25) is 11.9 Å². The van der Waals surface area contributed by atoms with Crippen molar-refractivity contribution < 1.29 is 23.8 Å². The van der Waals surface area contributed by atoms with Crippen molar-refractivity contribution >= 4 is 28.9 Å². The number of ether oxygens (including phenoxy) is 3. The van der Waals surface area contributed by atoms with E-state index < -0.39 is 17.9 Å². The molecule has 8 nitrogen and oxygen atoms in total. The van der Waals surface area contributed by atoms with Gasteiger partial charge in [-0.2, -0.15) is 0 Å². The van der Waals surface area contributed by atoms with Crippen LogP contribution < -0.4 is 9.64 Å². The third-order valence-electron chi connectivity index (χ3n) is 6.69. The summed E-state index contributed by atoms with van der Waals surface area (Å²) < 4.78 is 18.6. The Hall–Kier alpha value is -4.17. The quantitative estimate of drug-likeness (QED) is 0.173. The zero-order valence-electron chi connectivity index (χ0n) is 21.6. The Bertz CT molecular complexity index is 1400. The van der Waals surface area contributed by atoms with Crippen molar-refractivity contribution in [3.63, 3.8) is 0 Å². The second-order valence-corrected chi connectivity index (χ2v) is 9.12. The normalized spacial score (nSPS) is 16.9. The predicted molar refractivity (Wildman–Crippen MR) is 144 cm³/mol. The molecule has 0 unspecified atom stereocenters. The summed E-state index contributed by atoms with van der Waals surface area (Å²) in [4.78, 5) is 33.6. The first kappa shape index (κ1) is 25.5. The van der Waals surface area contributed by atoms with Crippen LogP contribution in [0.3, 0.4) is 0 Å². The molecule has 0 fully saturated rings. The predicted octanol–water partition coefficient (Wildman–Crippen LogP) is 4.77. The lowest BCUT2D eigenvalue weighted by Gasteiger charge is -2.38. The van der Waals surface area contributed by atoms with Crippen LogP contribution in [0.15, 0.2) is 78.9 Å². The Kier molecular flexibility index (Phi) is 7.70. The Morgan fingerprint density at radius 2 is 1.71 bits per heavy atom. The van der Waals surface area contributed by atoms with Gasteiger partial charge in [-0.15, -0.1) is 0 Å². The van der Waals surface area contributed by atoms with Crippen molar-refractivity contribution in [3.05, 3.63) is 90.0 Å². The highest BCUT2D eigenvalue weighted by Gasteiger charge is 2.47. The molecule has 5 rings (SSSR count). The van der Waals surface area contributed by atoms with E-state index in [0.717, 1.165) is 22.2 Å². The van der Waals surface area contributed by atoms with Gasteiger partial charge in [0.15, 0.2) is 5.92 Å². The minimum atomic E-state index is -1.06. The molecule has 0 saturated heterocycles. The SMILES string of the molecule is CCOC(=O)[C@@H]1C(=O)N(CCCOC)c2nc3ccccc3n2[C@@H]1c1ccc(OCc2ccccc2)cc1. The number of para-hydroxylation sites is 2. The molecule has 0 N–H and O–H groups in total. The summed E-state index contributed by atoms with van der Waals surface area (Å²) in [6.07, 6.45) is 0.610. The lowest BCUT2D eigenvalue weighted by molar-refractivity contribution is -0.153. The first-order valence-corrected chi connectivity index (χ1v) is 12.8. The Balaban J connectivity index is 1.55. The minimum absolute atomic E-state index is 0.183. The lowest BCUT2D eigenvalue weighted by Crippen LogP contribution is -2.50. The van der Waals surface area contributed by atoms with Crippen molar-refractivity contribution in [1.82, 2.24) is 9.55 Å². The zero-order valence-corrected chi connectivity index (χ0v) is 21.6. The molecular weight excluding hydrogens is 482 g/mol. The number of fused-ring (bicyclic) bond motifs is 3. The first-order chi connectivity index (χ1) is 18.6. The molecule has 0 spiro atoms. The molecule has 1 aliphatic rings. The monoisotopic (exact) mass is 513 g/mol. The molecule has 38 heavy (non-hydrogen) atoms. The van der Waals surface area contributed by atoms with E-state index in [0.29, 0.717) is 37.9 Å². The fourth-order valence-electron chi connectivity index (χ4n) is 4.93. The van der Waals surface area contributed by atoms with Crippen LogP contribution in [0.4, 0.5) is 5.95 Å². The fourth-order valence-corrected chi connectivity index (χ4v) is 4.93. The van der Waals surface area contributed by atoms with Gasteiger partial charge in [-0.25, -0.2) is 4.98 Å². The first-order valence-electron chi connectivity index (χ1n) is 12.8. The number of rotatable bonds is 10. The van der Waals surface area contributed by atoms with Crippen LogP contribution in [0.25, 0.3) is 11.0 Å². The Morgan fingerprint density at radius 1 is 0.974 bits per heavy atom. The van der Waals surface area contributed by atoms with E-state index in [-0.39, 0.29) is 12.5 Å². The third-order valence-corrected chi connectivity index (χ3v) is 6.69. The summed E-state index contributed by atoms with van der Waals surface area (Å²) >= 11 is 0. The highest BCUT2D eigenvalue weighted by Crippen LogP contribution is 2.41. The number of imidazole rings is 1. The summed E-state index contributed by atoms with van der Waals surface area (Å²) in [6.45, 7) is 3.24. The summed E-state index contributed by atoms with van der Waals surface area (Å²) in [5.41, 5.74) is 3.46. The zero-order chi connectivity index (χ0) is 26.5. The summed E-state index contributed by atoms with van der Waals surface area (Å²) in [7, 11) is 1.62. The molecule has 8 heteroatoms. The number of hydrogen-bond donors (Lipinski definition) is 0. The minimum Gasteiger partial charge on any atom is -0.489 e. The van der Waals surface area contributed by atoms with Crippen LogP contribution in [0, 0.1) is 5.92 Å². The summed E-state index contributed by atoms with van der Waals surface area (Å²) in [5, 5.41) is 0. The van der Waals surface area contributed by atoms with E-state index in [1.165, 1.54) is 0 Å². The largest absolute Gasteiger partial charge is 0.489 e. The van der Waals surface area contributed by atoms with Crippen LogP contribution >= 0.6 is 0 Å². The van der Waals surface area contributed by atoms with E-state index in [2.05, 4.69) is 0 Å². The second-order valence-electron chi connectivity index (χ2n) is 9.12. The fraction of sp³-hybridized carbons (Fsp3) is 0.300. The molecule has 0 aliphatic carbocycles. The molecular formula is C30H31N3O5. The number of aromatic nitrogens is 2. The molecule has 2 heterocycles. The molecule has 0 radical (unpaired) electrons.